The maximum absolute atomic E-state index is 13.0. The minimum atomic E-state index is -0.363. The Bertz CT molecular complexity index is 595. The fourth-order valence-electron chi connectivity index (χ4n) is 2.04. The van der Waals surface area contributed by atoms with Crippen LogP contribution in [0.4, 0.5) is 10.1 Å². The van der Waals surface area contributed by atoms with Gasteiger partial charge in [0, 0.05) is 24.6 Å². The van der Waals surface area contributed by atoms with Crippen molar-refractivity contribution in [1.29, 1.82) is 0 Å². The number of halogens is 1. The second-order valence-electron chi connectivity index (χ2n) is 4.93. The Kier molecular flexibility index (Phi) is 5.51. The van der Waals surface area contributed by atoms with Gasteiger partial charge in [0.05, 0.1) is 0 Å². The van der Waals surface area contributed by atoms with Crippen LogP contribution in [-0.2, 0) is 17.9 Å². The quantitative estimate of drug-likeness (QED) is 0.770. The zero-order valence-electron chi connectivity index (χ0n) is 12.1. The topological polar surface area (TPSA) is 46.1 Å². The largest absolute Gasteiger partial charge is 0.345 e. The highest BCUT2D eigenvalue weighted by Gasteiger charge is 2.05. The predicted molar refractivity (Wildman–Crippen MR) is 81.5 cm³/mol. The summed E-state index contributed by atoms with van der Waals surface area (Å²) in [7, 11) is 0. The average Bonchev–Trinajstić information content (AvgIpc) is 2.86. The first-order valence-electron chi connectivity index (χ1n) is 7.08. The maximum Gasteiger partial charge on any atom is 0.244 e. The van der Waals surface area contributed by atoms with Crippen molar-refractivity contribution < 1.29 is 9.18 Å². The molecule has 0 aliphatic carbocycles. The minimum Gasteiger partial charge on any atom is -0.345 e. The molecule has 0 radical (unpaired) electrons. The van der Waals surface area contributed by atoms with E-state index < -0.39 is 0 Å². The van der Waals surface area contributed by atoms with Crippen LogP contribution in [0.25, 0.3) is 0 Å². The van der Waals surface area contributed by atoms with Gasteiger partial charge in [-0.25, -0.2) is 4.39 Å². The molecule has 1 heterocycles. The number of nitrogens with zero attached hydrogens (tertiary/aromatic N) is 1. The fraction of sp³-hybridized carbons (Fsp3) is 0.312. The van der Waals surface area contributed by atoms with Gasteiger partial charge in [-0.05, 0) is 42.8 Å². The minimum absolute atomic E-state index is 0.177. The summed E-state index contributed by atoms with van der Waals surface area (Å²) in [5, 5.41) is 5.99. The van der Waals surface area contributed by atoms with Crippen LogP contribution in [0.5, 0.6) is 0 Å². The van der Waals surface area contributed by atoms with Crippen LogP contribution in [0.2, 0.25) is 0 Å². The van der Waals surface area contributed by atoms with Crippen molar-refractivity contribution in [2.75, 3.05) is 11.9 Å². The van der Waals surface area contributed by atoms with Crippen LogP contribution in [0.15, 0.2) is 42.7 Å². The molecule has 2 aromatic rings. The first-order valence-corrected chi connectivity index (χ1v) is 7.08. The Morgan fingerprint density at radius 1 is 1.33 bits per heavy atom. The molecular formula is C16H20FN3O. The van der Waals surface area contributed by atoms with Crippen molar-refractivity contribution in [3.8, 4) is 0 Å². The number of benzene rings is 1. The smallest absolute Gasteiger partial charge is 0.244 e. The molecule has 1 aromatic heterocycles. The summed E-state index contributed by atoms with van der Waals surface area (Å²) in [4.78, 5) is 11.9. The molecule has 0 aliphatic heterocycles. The number of anilines is 1. The van der Waals surface area contributed by atoms with Gasteiger partial charge in [0.15, 0.2) is 0 Å². The number of rotatable bonds is 7. The van der Waals surface area contributed by atoms with Gasteiger partial charge in [0.25, 0.3) is 0 Å². The van der Waals surface area contributed by atoms with Crippen molar-refractivity contribution in [1.82, 2.24) is 9.88 Å². The van der Waals surface area contributed by atoms with Crippen LogP contribution in [0, 0.1) is 5.82 Å². The maximum atomic E-state index is 13.0. The third-order valence-electron chi connectivity index (χ3n) is 3.00. The van der Waals surface area contributed by atoms with Crippen LogP contribution >= 0.6 is 0 Å². The van der Waals surface area contributed by atoms with E-state index in [-0.39, 0.29) is 18.3 Å². The van der Waals surface area contributed by atoms with Crippen LogP contribution < -0.4 is 10.6 Å². The molecule has 0 fully saturated rings. The number of hydrogen-bond acceptors (Lipinski definition) is 2. The summed E-state index contributed by atoms with van der Waals surface area (Å²) >= 11 is 0. The molecular weight excluding hydrogens is 269 g/mol. The average molecular weight is 289 g/mol. The Hall–Kier alpha value is -2.14. The zero-order valence-corrected chi connectivity index (χ0v) is 12.1. The highest BCUT2D eigenvalue weighted by molar-refractivity contribution is 5.90. The van der Waals surface area contributed by atoms with Crippen molar-refractivity contribution in [2.45, 2.75) is 26.4 Å². The van der Waals surface area contributed by atoms with E-state index in [4.69, 9.17) is 0 Å². The van der Waals surface area contributed by atoms with Crippen molar-refractivity contribution >= 4 is 11.6 Å². The lowest BCUT2D eigenvalue weighted by Crippen LogP contribution is -2.18. The highest BCUT2D eigenvalue weighted by Crippen LogP contribution is 2.09. The van der Waals surface area contributed by atoms with Gasteiger partial charge in [0.1, 0.15) is 12.4 Å². The van der Waals surface area contributed by atoms with E-state index in [1.807, 2.05) is 23.0 Å². The summed E-state index contributed by atoms with van der Waals surface area (Å²) in [6.07, 6.45) is 4.90. The van der Waals surface area contributed by atoms with E-state index in [0.29, 0.717) is 5.69 Å². The van der Waals surface area contributed by atoms with Gasteiger partial charge >= 0.3 is 0 Å². The predicted octanol–water partition coefficient (Wildman–Crippen LogP) is 2.77. The summed E-state index contributed by atoms with van der Waals surface area (Å²) in [6, 6.07) is 7.86. The van der Waals surface area contributed by atoms with Gasteiger partial charge < -0.3 is 15.2 Å². The molecule has 0 bridgehead atoms. The van der Waals surface area contributed by atoms with E-state index in [9.17, 15) is 9.18 Å². The molecule has 0 spiro atoms. The first-order chi connectivity index (χ1) is 10.2. The van der Waals surface area contributed by atoms with Crippen molar-refractivity contribution in [3.05, 3.63) is 54.1 Å². The normalized spacial score (nSPS) is 10.6. The zero-order chi connectivity index (χ0) is 15.1. The lowest BCUT2D eigenvalue weighted by atomic mass is 10.3. The number of amides is 1. The van der Waals surface area contributed by atoms with Crippen LogP contribution in [0.1, 0.15) is 18.9 Å². The molecule has 0 aliphatic rings. The Morgan fingerprint density at radius 3 is 2.95 bits per heavy atom. The molecule has 21 heavy (non-hydrogen) atoms. The van der Waals surface area contributed by atoms with Gasteiger partial charge in [-0.2, -0.15) is 0 Å². The molecule has 4 nitrogen and oxygen atoms in total. The lowest BCUT2D eigenvalue weighted by molar-refractivity contribution is -0.116. The molecule has 0 saturated carbocycles. The number of carbonyl (C=O) groups is 1. The summed E-state index contributed by atoms with van der Waals surface area (Å²) < 4.78 is 14.8. The van der Waals surface area contributed by atoms with E-state index in [0.717, 1.165) is 25.1 Å². The molecule has 0 unspecified atom stereocenters. The molecule has 1 amide bonds. The standard InChI is InChI=1S/C16H20FN3O/c1-2-7-18-10-13-6-8-20(11-13)12-16(21)19-15-5-3-4-14(17)9-15/h3-6,8-9,11,18H,2,7,10,12H2,1H3,(H,19,21). The first kappa shape index (κ1) is 15.3. The van der Waals surface area contributed by atoms with Crippen LogP contribution in [0.3, 0.4) is 0 Å². The van der Waals surface area contributed by atoms with E-state index in [1.165, 1.54) is 12.1 Å². The van der Waals surface area contributed by atoms with E-state index in [1.54, 1.807) is 12.1 Å². The van der Waals surface area contributed by atoms with Gasteiger partial charge in [-0.15, -0.1) is 0 Å². The molecule has 5 heteroatoms. The molecule has 2 rings (SSSR count). The number of hydrogen-bond donors (Lipinski definition) is 2. The monoisotopic (exact) mass is 289 g/mol. The molecule has 0 saturated heterocycles. The van der Waals surface area contributed by atoms with Gasteiger partial charge in [-0.1, -0.05) is 13.0 Å². The van der Waals surface area contributed by atoms with Crippen molar-refractivity contribution in [2.24, 2.45) is 0 Å². The van der Waals surface area contributed by atoms with Gasteiger partial charge in [-0.3, -0.25) is 4.79 Å². The molecule has 0 atom stereocenters. The Balaban J connectivity index is 1.85. The number of aromatic nitrogens is 1. The Labute approximate surface area is 124 Å². The number of carbonyl (C=O) groups excluding carboxylic acids is 1. The third-order valence-corrected chi connectivity index (χ3v) is 3.00. The van der Waals surface area contributed by atoms with Gasteiger partial charge in [0.2, 0.25) is 5.91 Å². The summed E-state index contributed by atoms with van der Waals surface area (Å²) in [5.41, 5.74) is 1.61. The lowest BCUT2D eigenvalue weighted by Gasteiger charge is -2.06. The molecule has 112 valence electrons. The molecule has 1 aromatic carbocycles. The van der Waals surface area contributed by atoms with E-state index in [2.05, 4.69) is 17.6 Å². The van der Waals surface area contributed by atoms with Crippen LogP contribution in [-0.4, -0.2) is 17.0 Å². The second-order valence-corrected chi connectivity index (χ2v) is 4.93. The summed E-state index contributed by atoms with van der Waals surface area (Å²) in [5.74, 6) is -0.540. The fourth-order valence-corrected chi connectivity index (χ4v) is 2.04. The number of nitrogens with one attached hydrogen (secondary N) is 2. The Morgan fingerprint density at radius 2 is 2.19 bits per heavy atom. The highest BCUT2D eigenvalue weighted by atomic mass is 19.1. The van der Waals surface area contributed by atoms with Crippen molar-refractivity contribution in [3.63, 3.8) is 0 Å². The SMILES string of the molecule is CCCNCc1ccn(CC(=O)Nc2cccc(F)c2)c1. The second kappa shape index (κ2) is 7.59. The summed E-state index contributed by atoms with van der Waals surface area (Å²) in [6.45, 7) is 4.11. The molecule has 2 N–H and O–H groups in total. The third kappa shape index (κ3) is 5.04. The van der Waals surface area contributed by atoms with E-state index >= 15 is 0 Å².